The Kier molecular flexibility index (Phi) is 2.11. The standard InChI is InChI=1S/C11H11N3O2/c15-11-13-12-10-7-16-6-9(14(10)11)8-4-2-1-3-5-8/h1-5,9H,6-7H2,(H,13,15). The number of rotatable bonds is 1. The van der Waals surface area contributed by atoms with Gasteiger partial charge in [-0.1, -0.05) is 30.3 Å². The van der Waals surface area contributed by atoms with Crippen molar-refractivity contribution in [2.24, 2.45) is 0 Å². The molecular formula is C11H11N3O2. The molecule has 16 heavy (non-hydrogen) atoms. The highest BCUT2D eigenvalue weighted by Crippen LogP contribution is 2.22. The van der Waals surface area contributed by atoms with Gasteiger partial charge < -0.3 is 4.74 Å². The average Bonchev–Trinajstić information content (AvgIpc) is 2.73. The summed E-state index contributed by atoms with van der Waals surface area (Å²) in [5.74, 6) is 0.658. The minimum atomic E-state index is -0.174. The van der Waals surface area contributed by atoms with Gasteiger partial charge in [0, 0.05) is 0 Å². The summed E-state index contributed by atoms with van der Waals surface area (Å²) in [5, 5.41) is 6.39. The summed E-state index contributed by atoms with van der Waals surface area (Å²) in [4.78, 5) is 11.6. The third kappa shape index (κ3) is 1.37. The zero-order chi connectivity index (χ0) is 11.0. The van der Waals surface area contributed by atoms with E-state index in [-0.39, 0.29) is 11.7 Å². The van der Waals surface area contributed by atoms with E-state index in [9.17, 15) is 4.79 Å². The van der Waals surface area contributed by atoms with E-state index in [2.05, 4.69) is 10.2 Å². The summed E-state index contributed by atoms with van der Waals surface area (Å²) >= 11 is 0. The Labute approximate surface area is 91.7 Å². The molecule has 1 aliphatic rings. The Hall–Kier alpha value is -1.88. The van der Waals surface area contributed by atoms with Crippen LogP contribution in [0.1, 0.15) is 17.4 Å². The zero-order valence-electron chi connectivity index (χ0n) is 8.59. The smallest absolute Gasteiger partial charge is 0.344 e. The van der Waals surface area contributed by atoms with Crippen LogP contribution in [-0.4, -0.2) is 21.4 Å². The fraction of sp³-hybridized carbons (Fsp3) is 0.273. The van der Waals surface area contributed by atoms with E-state index in [0.29, 0.717) is 19.0 Å². The summed E-state index contributed by atoms with van der Waals surface area (Å²) in [5.41, 5.74) is 0.888. The van der Waals surface area contributed by atoms with Crippen molar-refractivity contribution in [1.29, 1.82) is 0 Å². The van der Waals surface area contributed by atoms with Gasteiger partial charge in [-0.05, 0) is 5.56 Å². The molecule has 82 valence electrons. The second kappa shape index (κ2) is 3.61. The van der Waals surface area contributed by atoms with E-state index < -0.39 is 0 Å². The quantitative estimate of drug-likeness (QED) is 0.764. The van der Waals surface area contributed by atoms with Crippen LogP contribution in [0.25, 0.3) is 0 Å². The van der Waals surface area contributed by atoms with Gasteiger partial charge in [-0.15, -0.1) is 0 Å². The number of nitrogens with zero attached hydrogens (tertiary/aromatic N) is 2. The summed E-state index contributed by atoms with van der Waals surface area (Å²) in [7, 11) is 0. The second-order valence-corrected chi connectivity index (χ2v) is 3.76. The maximum Gasteiger partial charge on any atom is 0.344 e. The normalized spacial score (nSPS) is 19.4. The highest BCUT2D eigenvalue weighted by molar-refractivity contribution is 5.21. The van der Waals surface area contributed by atoms with Gasteiger partial charge in [0.1, 0.15) is 6.61 Å². The van der Waals surface area contributed by atoms with Gasteiger partial charge in [0.15, 0.2) is 5.82 Å². The Balaban J connectivity index is 2.12. The predicted octanol–water partition coefficient (Wildman–Crippen LogP) is 0.691. The van der Waals surface area contributed by atoms with Crippen LogP contribution in [0.5, 0.6) is 0 Å². The highest BCUT2D eigenvalue weighted by atomic mass is 16.5. The largest absolute Gasteiger partial charge is 0.371 e. The number of nitrogens with one attached hydrogen (secondary N) is 1. The van der Waals surface area contributed by atoms with E-state index in [4.69, 9.17) is 4.74 Å². The van der Waals surface area contributed by atoms with E-state index in [1.165, 1.54) is 0 Å². The summed E-state index contributed by atoms with van der Waals surface area (Å²) < 4.78 is 7.10. The molecule has 3 rings (SSSR count). The van der Waals surface area contributed by atoms with Crippen LogP contribution in [0.2, 0.25) is 0 Å². The van der Waals surface area contributed by atoms with Gasteiger partial charge in [-0.2, -0.15) is 5.10 Å². The Bertz CT molecular complexity index is 544. The lowest BCUT2D eigenvalue weighted by molar-refractivity contribution is 0.0651. The first-order valence-electron chi connectivity index (χ1n) is 5.15. The van der Waals surface area contributed by atoms with Crippen molar-refractivity contribution in [3.8, 4) is 0 Å². The lowest BCUT2D eigenvalue weighted by Crippen LogP contribution is -2.31. The Morgan fingerprint density at radius 1 is 1.38 bits per heavy atom. The third-order valence-corrected chi connectivity index (χ3v) is 2.78. The lowest BCUT2D eigenvalue weighted by Gasteiger charge is -2.23. The Morgan fingerprint density at radius 3 is 3.00 bits per heavy atom. The zero-order valence-corrected chi connectivity index (χ0v) is 8.59. The van der Waals surface area contributed by atoms with Crippen molar-refractivity contribution in [1.82, 2.24) is 14.8 Å². The van der Waals surface area contributed by atoms with Crippen LogP contribution >= 0.6 is 0 Å². The molecule has 0 fully saturated rings. The molecule has 0 saturated heterocycles. The van der Waals surface area contributed by atoms with Crippen molar-refractivity contribution >= 4 is 0 Å². The number of aromatic nitrogens is 3. The van der Waals surface area contributed by atoms with Crippen molar-refractivity contribution in [3.05, 3.63) is 52.2 Å². The molecular weight excluding hydrogens is 206 g/mol. The third-order valence-electron chi connectivity index (χ3n) is 2.78. The van der Waals surface area contributed by atoms with Gasteiger partial charge in [0.05, 0.1) is 12.6 Å². The molecule has 0 radical (unpaired) electrons. The molecule has 0 amide bonds. The molecule has 0 spiro atoms. The number of H-pyrrole nitrogens is 1. The number of benzene rings is 1. The maximum atomic E-state index is 11.6. The molecule has 1 N–H and O–H groups in total. The minimum absolute atomic E-state index is 0.0730. The molecule has 2 aromatic rings. The number of hydrogen-bond donors (Lipinski definition) is 1. The van der Waals surface area contributed by atoms with Crippen molar-refractivity contribution in [2.45, 2.75) is 12.6 Å². The maximum absolute atomic E-state index is 11.6. The number of fused-ring (bicyclic) bond motifs is 1. The Morgan fingerprint density at radius 2 is 2.19 bits per heavy atom. The molecule has 5 heteroatoms. The fourth-order valence-corrected chi connectivity index (χ4v) is 2.02. The predicted molar refractivity (Wildman–Crippen MR) is 57.1 cm³/mol. The molecule has 0 aliphatic carbocycles. The highest BCUT2D eigenvalue weighted by Gasteiger charge is 2.24. The first-order chi connectivity index (χ1) is 7.86. The summed E-state index contributed by atoms with van der Waals surface area (Å²) in [6.07, 6.45) is 0. The van der Waals surface area contributed by atoms with Crippen molar-refractivity contribution in [3.63, 3.8) is 0 Å². The molecule has 5 nitrogen and oxygen atoms in total. The first-order valence-corrected chi connectivity index (χ1v) is 5.15. The van der Waals surface area contributed by atoms with Gasteiger partial charge >= 0.3 is 5.69 Å². The lowest BCUT2D eigenvalue weighted by atomic mass is 10.1. The monoisotopic (exact) mass is 217 g/mol. The summed E-state index contributed by atoms with van der Waals surface area (Å²) in [6.45, 7) is 0.901. The van der Waals surface area contributed by atoms with Crippen LogP contribution < -0.4 is 5.69 Å². The topological polar surface area (TPSA) is 59.9 Å². The van der Waals surface area contributed by atoms with Crippen LogP contribution in [0.4, 0.5) is 0 Å². The van der Waals surface area contributed by atoms with E-state index in [1.54, 1.807) is 4.57 Å². The number of ether oxygens (including phenoxy) is 1. The molecule has 1 aromatic heterocycles. The fourth-order valence-electron chi connectivity index (χ4n) is 2.02. The average molecular weight is 217 g/mol. The molecule has 1 atom stereocenters. The minimum Gasteiger partial charge on any atom is -0.371 e. The molecule has 0 saturated carbocycles. The van der Waals surface area contributed by atoms with Crippen molar-refractivity contribution < 1.29 is 4.74 Å². The van der Waals surface area contributed by atoms with Gasteiger partial charge in [-0.25, -0.2) is 9.89 Å². The van der Waals surface area contributed by atoms with Crippen LogP contribution in [0.15, 0.2) is 35.1 Å². The van der Waals surface area contributed by atoms with Crippen LogP contribution in [0, 0.1) is 0 Å². The van der Waals surface area contributed by atoms with Gasteiger partial charge in [-0.3, -0.25) is 4.57 Å². The van der Waals surface area contributed by atoms with Crippen LogP contribution in [-0.2, 0) is 11.3 Å². The van der Waals surface area contributed by atoms with E-state index in [1.807, 2.05) is 30.3 Å². The molecule has 2 heterocycles. The van der Waals surface area contributed by atoms with E-state index >= 15 is 0 Å². The second-order valence-electron chi connectivity index (χ2n) is 3.76. The molecule has 1 aliphatic heterocycles. The molecule has 1 aromatic carbocycles. The van der Waals surface area contributed by atoms with E-state index in [0.717, 1.165) is 5.56 Å². The number of hydrogen-bond acceptors (Lipinski definition) is 3. The summed E-state index contributed by atoms with van der Waals surface area (Å²) in [6, 6.07) is 9.76. The SMILES string of the molecule is O=c1[nH]nc2n1C(c1ccccc1)COC2. The van der Waals surface area contributed by atoms with Crippen LogP contribution in [0.3, 0.4) is 0 Å². The molecule has 0 bridgehead atoms. The first kappa shape index (κ1) is 9.35. The number of aromatic amines is 1. The van der Waals surface area contributed by atoms with Crippen molar-refractivity contribution in [2.75, 3.05) is 6.61 Å². The molecule has 1 unspecified atom stereocenters. The van der Waals surface area contributed by atoms with Gasteiger partial charge in [0.25, 0.3) is 0 Å². The van der Waals surface area contributed by atoms with Gasteiger partial charge in [0.2, 0.25) is 0 Å².